The summed E-state index contributed by atoms with van der Waals surface area (Å²) < 4.78 is 13.3. The highest BCUT2D eigenvalue weighted by atomic mass is 19.1. The summed E-state index contributed by atoms with van der Waals surface area (Å²) in [4.78, 5) is 52.4. The highest BCUT2D eigenvalue weighted by Crippen LogP contribution is 2.42. The average molecular weight is 418 g/mol. The smallest absolute Gasteiger partial charge is 0.325 e. The third-order valence-electron chi connectivity index (χ3n) is 6.30. The minimum Gasteiger partial charge on any atom is -0.370 e. The monoisotopic (exact) mass is 418 g/mol. The Morgan fingerprint density at radius 1 is 1.20 bits per heavy atom. The SMILES string of the molecule is C[C@@H]1CCC[C@H](C)C12NC(=O)N(CC(=O)N(CCC(N)=O)c1ccc(F)cc1)C2=O. The Kier molecular flexibility index (Phi) is 6.09. The van der Waals surface area contributed by atoms with Crippen LogP contribution in [0.5, 0.6) is 0 Å². The number of amides is 5. The molecule has 1 aliphatic carbocycles. The van der Waals surface area contributed by atoms with E-state index in [1.165, 1.54) is 29.2 Å². The number of primary amides is 1. The number of rotatable bonds is 6. The van der Waals surface area contributed by atoms with Crippen molar-refractivity contribution in [2.24, 2.45) is 17.6 Å². The van der Waals surface area contributed by atoms with Gasteiger partial charge in [-0.15, -0.1) is 0 Å². The van der Waals surface area contributed by atoms with E-state index < -0.39 is 41.7 Å². The van der Waals surface area contributed by atoms with Crippen molar-refractivity contribution in [3.63, 3.8) is 0 Å². The summed E-state index contributed by atoms with van der Waals surface area (Å²) >= 11 is 0. The predicted molar refractivity (Wildman–Crippen MR) is 108 cm³/mol. The number of hydrogen-bond acceptors (Lipinski definition) is 4. The fourth-order valence-electron chi connectivity index (χ4n) is 4.56. The zero-order valence-electron chi connectivity index (χ0n) is 17.2. The van der Waals surface area contributed by atoms with E-state index in [4.69, 9.17) is 5.73 Å². The van der Waals surface area contributed by atoms with Crippen molar-refractivity contribution in [3.05, 3.63) is 30.1 Å². The molecule has 3 N–H and O–H groups in total. The van der Waals surface area contributed by atoms with E-state index in [9.17, 15) is 23.6 Å². The lowest BCUT2D eigenvalue weighted by Crippen LogP contribution is -2.59. The van der Waals surface area contributed by atoms with Gasteiger partial charge in [0.05, 0.1) is 0 Å². The summed E-state index contributed by atoms with van der Waals surface area (Å²) in [7, 11) is 0. The van der Waals surface area contributed by atoms with Gasteiger partial charge in [-0.25, -0.2) is 9.18 Å². The molecule has 162 valence electrons. The third-order valence-corrected chi connectivity index (χ3v) is 6.30. The van der Waals surface area contributed by atoms with Crippen molar-refractivity contribution >= 4 is 29.4 Å². The summed E-state index contributed by atoms with van der Waals surface area (Å²) in [5, 5.41) is 2.85. The average Bonchev–Trinajstić information content (AvgIpc) is 2.93. The molecule has 5 amide bonds. The number of imide groups is 1. The van der Waals surface area contributed by atoms with E-state index in [0.29, 0.717) is 5.69 Å². The van der Waals surface area contributed by atoms with Gasteiger partial charge in [0.2, 0.25) is 11.8 Å². The number of carbonyl (C=O) groups is 4. The molecule has 1 saturated heterocycles. The molecule has 1 aliphatic heterocycles. The van der Waals surface area contributed by atoms with Crippen LogP contribution in [-0.2, 0) is 14.4 Å². The number of benzene rings is 1. The van der Waals surface area contributed by atoms with Crippen molar-refractivity contribution in [1.29, 1.82) is 0 Å². The highest BCUT2D eigenvalue weighted by molar-refractivity contribution is 6.10. The van der Waals surface area contributed by atoms with Gasteiger partial charge in [-0.3, -0.25) is 19.3 Å². The summed E-state index contributed by atoms with van der Waals surface area (Å²) in [5.74, 6) is -2.11. The largest absolute Gasteiger partial charge is 0.370 e. The van der Waals surface area contributed by atoms with Crippen LogP contribution in [-0.4, -0.2) is 47.3 Å². The van der Waals surface area contributed by atoms with Crippen molar-refractivity contribution in [3.8, 4) is 0 Å². The third kappa shape index (κ3) is 3.88. The first kappa shape index (κ1) is 21.7. The van der Waals surface area contributed by atoms with Gasteiger partial charge in [-0.1, -0.05) is 20.3 Å². The molecule has 1 unspecified atom stereocenters. The van der Waals surface area contributed by atoms with Gasteiger partial charge >= 0.3 is 6.03 Å². The number of nitrogens with two attached hydrogens (primary N) is 1. The molecule has 30 heavy (non-hydrogen) atoms. The van der Waals surface area contributed by atoms with Crippen LogP contribution >= 0.6 is 0 Å². The molecule has 8 nitrogen and oxygen atoms in total. The summed E-state index contributed by atoms with van der Waals surface area (Å²) in [6, 6.07) is 4.57. The molecule has 0 radical (unpaired) electrons. The van der Waals surface area contributed by atoms with E-state index in [-0.39, 0.29) is 24.8 Å². The molecule has 2 aliphatic rings. The Morgan fingerprint density at radius 3 is 2.37 bits per heavy atom. The Bertz CT molecular complexity index is 847. The van der Waals surface area contributed by atoms with Crippen LogP contribution in [0, 0.1) is 17.7 Å². The minimum atomic E-state index is -0.996. The van der Waals surface area contributed by atoms with Crippen LogP contribution in [0.25, 0.3) is 0 Å². The molecule has 9 heteroatoms. The molecule has 0 bridgehead atoms. The first-order chi connectivity index (χ1) is 14.2. The number of nitrogens with zero attached hydrogens (tertiary/aromatic N) is 2. The van der Waals surface area contributed by atoms with Gasteiger partial charge < -0.3 is 16.0 Å². The summed E-state index contributed by atoms with van der Waals surface area (Å²) in [6.07, 6.45) is 2.51. The van der Waals surface area contributed by atoms with Crippen molar-refractivity contribution in [2.75, 3.05) is 18.0 Å². The first-order valence-corrected chi connectivity index (χ1v) is 10.1. The van der Waals surface area contributed by atoms with E-state index >= 15 is 0 Å². The number of urea groups is 1. The molecule has 1 aromatic rings. The lowest BCUT2D eigenvalue weighted by atomic mass is 9.67. The maximum absolute atomic E-state index is 13.3. The lowest BCUT2D eigenvalue weighted by Gasteiger charge is -2.42. The van der Waals surface area contributed by atoms with Gasteiger partial charge in [0.15, 0.2) is 0 Å². The highest BCUT2D eigenvalue weighted by Gasteiger charge is 2.58. The van der Waals surface area contributed by atoms with Gasteiger partial charge in [0.25, 0.3) is 5.91 Å². The molecular weight excluding hydrogens is 391 g/mol. The van der Waals surface area contributed by atoms with Crippen molar-refractivity contribution in [1.82, 2.24) is 10.2 Å². The fraction of sp³-hybridized carbons (Fsp3) is 0.524. The van der Waals surface area contributed by atoms with E-state index in [1.54, 1.807) is 0 Å². The van der Waals surface area contributed by atoms with Crippen LogP contribution in [0.1, 0.15) is 39.5 Å². The van der Waals surface area contributed by atoms with Gasteiger partial charge in [0.1, 0.15) is 17.9 Å². The Labute approximate surface area is 174 Å². The maximum atomic E-state index is 13.3. The van der Waals surface area contributed by atoms with Crippen LogP contribution in [0.3, 0.4) is 0 Å². The van der Waals surface area contributed by atoms with Crippen LogP contribution < -0.4 is 16.0 Å². The van der Waals surface area contributed by atoms with E-state index in [1.807, 2.05) is 13.8 Å². The van der Waals surface area contributed by atoms with Crippen LogP contribution in [0.15, 0.2) is 24.3 Å². The van der Waals surface area contributed by atoms with Crippen LogP contribution in [0.4, 0.5) is 14.9 Å². The molecule has 2 fully saturated rings. The number of nitrogens with one attached hydrogen (secondary N) is 1. The zero-order valence-corrected chi connectivity index (χ0v) is 17.2. The van der Waals surface area contributed by atoms with Gasteiger partial charge in [-0.2, -0.15) is 0 Å². The first-order valence-electron chi connectivity index (χ1n) is 10.1. The molecular formula is C21H27FN4O4. The molecule has 1 heterocycles. The molecule has 1 aromatic carbocycles. The maximum Gasteiger partial charge on any atom is 0.325 e. The lowest BCUT2D eigenvalue weighted by molar-refractivity contribution is -0.138. The number of hydrogen-bond donors (Lipinski definition) is 2. The topological polar surface area (TPSA) is 113 Å². The predicted octanol–water partition coefficient (Wildman–Crippen LogP) is 1.78. The number of carbonyl (C=O) groups excluding carboxylic acids is 4. The molecule has 3 rings (SSSR count). The Hall–Kier alpha value is -2.97. The van der Waals surface area contributed by atoms with Crippen molar-refractivity contribution in [2.45, 2.75) is 45.1 Å². The summed E-state index contributed by atoms with van der Waals surface area (Å²) in [6.45, 7) is 3.37. The zero-order chi connectivity index (χ0) is 22.1. The van der Waals surface area contributed by atoms with E-state index in [2.05, 4.69) is 5.32 Å². The fourth-order valence-corrected chi connectivity index (χ4v) is 4.56. The standard InChI is InChI=1S/C21H27FN4O4/c1-13-4-3-5-14(2)21(13)19(29)26(20(30)24-21)12-18(28)25(11-10-17(23)27)16-8-6-15(22)7-9-16/h6-9,13-14H,3-5,10-12H2,1-2H3,(H2,23,27)(H,24,30)/t13-,14+,21?. The molecule has 3 atom stereocenters. The normalized spacial score (nSPS) is 26.0. The van der Waals surface area contributed by atoms with Gasteiger partial charge in [-0.05, 0) is 48.9 Å². The Morgan fingerprint density at radius 2 is 1.80 bits per heavy atom. The minimum absolute atomic E-state index is 0.0403. The second-order valence-electron chi connectivity index (χ2n) is 8.16. The summed E-state index contributed by atoms with van der Waals surface area (Å²) in [5.41, 5.74) is 4.56. The van der Waals surface area contributed by atoms with Gasteiger partial charge in [0, 0.05) is 18.7 Å². The van der Waals surface area contributed by atoms with Crippen LogP contribution in [0.2, 0.25) is 0 Å². The second kappa shape index (κ2) is 8.41. The second-order valence-corrected chi connectivity index (χ2v) is 8.16. The molecule has 1 saturated carbocycles. The number of anilines is 1. The van der Waals surface area contributed by atoms with E-state index in [0.717, 1.165) is 24.2 Å². The van der Waals surface area contributed by atoms with Crippen molar-refractivity contribution < 1.29 is 23.6 Å². The number of halogens is 1. The molecule has 1 spiro atoms. The molecule has 0 aromatic heterocycles. The Balaban J connectivity index is 1.82. The quantitative estimate of drug-likeness (QED) is 0.686.